The fourth-order valence-corrected chi connectivity index (χ4v) is 4.58. The van der Waals surface area contributed by atoms with E-state index in [-0.39, 0.29) is 11.9 Å². The Morgan fingerprint density at radius 2 is 2.00 bits per heavy atom. The highest BCUT2D eigenvalue weighted by Crippen LogP contribution is 2.38. The number of hydrogen-bond donors (Lipinski definition) is 2. The van der Waals surface area contributed by atoms with Crippen molar-refractivity contribution in [3.63, 3.8) is 0 Å². The molecule has 5 nitrogen and oxygen atoms in total. The molecule has 0 radical (unpaired) electrons. The van der Waals surface area contributed by atoms with Gasteiger partial charge in [-0.1, -0.05) is 12.1 Å². The van der Waals surface area contributed by atoms with Gasteiger partial charge in [-0.05, 0) is 42.9 Å². The van der Waals surface area contributed by atoms with Crippen LogP contribution in [0.4, 0.5) is 4.39 Å². The molecule has 2 aromatic heterocycles. The molecule has 6 heteroatoms. The highest BCUT2D eigenvalue weighted by molar-refractivity contribution is 5.84. The molecule has 1 unspecified atom stereocenters. The molecule has 5 rings (SSSR count). The van der Waals surface area contributed by atoms with Gasteiger partial charge in [-0.25, -0.2) is 9.37 Å². The lowest BCUT2D eigenvalue weighted by Gasteiger charge is -2.31. The predicted molar refractivity (Wildman–Crippen MR) is 111 cm³/mol. The van der Waals surface area contributed by atoms with Crippen LogP contribution < -0.4 is 5.32 Å². The minimum atomic E-state index is -0.161. The van der Waals surface area contributed by atoms with E-state index >= 15 is 4.39 Å². The van der Waals surface area contributed by atoms with Crippen molar-refractivity contribution in [1.29, 1.82) is 0 Å². The van der Waals surface area contributed by atoms with Crippen LogP contribution in [0, 0.1) is 12.7 Å². The number of H-pyrrole nitrogens is 1. The number of ether oxygens (including phenoxy) is 2. The maximum atomic E-state index is 16.0. The Balaban J connectivity index is 1.63. The topological polar surface area (TPSA) is 59.2 Å². The standard InChI is InChI=1S/C23H26FN3O2/c1-14-11-26-23-19(14)10-16(12-27-23)18-3-2-17(15-4-7-28-8-5-15)21(22(18)24)20-13-29-9-6-25-20/h2-3,10-12,15,20,25H,4-9,13H2,1H3,(H,26,27). The second-order valence-electron chi connectivity index (χ2n) is 7.99. The molecular weight excluding hydrogens is 369 g/mol. The second-order valence-corrected chi connectivity index (χ2v) is 7.99. The summed E-state index contributed by atoms with van der Waals surface area (Å²) in [6, 6.07) is 5.91. The highest BCUT2D eigenvalue weighted by Gasteiger charge is 2.29. The molecule has 0 amide bonds. The summed E-state index contributed by atoms with van der Waals surface area (Å²) in [5.74, 6) is 0.157. The normalized spacial score (nSPS) is 21.0. The van der Waals surface area contributed by atoms with E-state index in [1.807, 2.05) is 25.3 Å². The van der Waals surface area contributed by atoms with E-state index in [1.165, 1.54) is 0 Å². The highest BCUT2D eigenvalue weighted by atomic mass is 19.1. The van der Waals surface area contributed by atoms with Gasteiger partial charge >= 0.3 is 0 Å². The summed E-state index contributed by atoms with van der Waals surface area (Å²) in [5.41, 5.74) is 5.17. The number of hydrogen-bond acceptors (Lipinski definition) is 4. The first-order valence-corrected chi connectivity index (χ1v) is 10.4. The second kappa shape index (κ2) is 7.86. The van der Waals surface area contributed by atoms with Crippen LogP contribution in [-0.4, -0.2) is 42.9 Å². The van der Waals surface area contributed by atoms with Gasteiger partial charge in [0.15, 0.2) is 0 Å². The number of aromatic amines is 1. The van der Waals surface area contributed by atoms with Gasteiger partial charge in [0.2, 0.25) is 0 Å². The van der Waals surface area contributed by atoms with Crippen molar-refractivity contribution >= 4 is 11.0 Å². The zero-order valence-corrected chi connectivity index (χ0v) is 16.6. The van der Waals surface area contributed by atoms with Crippen LogP contribution in [-0.2, 0) is 9.47 Å². The van der Waals surface area contributed by atoms with E-state index in [4.69, 9.17) is 9.47 Å². The number of rotatable bonds is 3. The number of nitrogens with one attached hydrogen (secondary N) is 2. The molecule has 4 heterocycles. The third-order valence-electron chi connectivity index (χ3n) is 6.19. The Hall–Kier alpha value is -2.28. The predicted octanol–water partition coefficient (Wildman–Crippen LogP) is 4.23. The Bertz CT molecular complexity index is 1020. The molecule has 0 aliphatic carbocycles. The summed E-state index contributed by atoms with van der Waals surface area (Å²) in [5, 5.41) is 4.48. The molecule has 152 valence electrons. The average Bonchev–Trinajstić information content (AvgIpc) is 3.15. The van der Waals surface area contributed by atoms with Crippen molar-refractivity contribution in [2.24, 2.45) is 0 Å². The van der Waals surface area contributed by atoms with Crippen LogP contribution in [0.25, 0.3) is 22.2 Å². The number of aryl methyl sites for hydroxylation is 1. The lowest BCUT2D eigenvalue weighted by Crippen LogP contribution is -2.36. The molecule has 1 aromatic carbocycles. The summed E-state index contributed by atoms with van der Waals surface area (Å²) in [7, 11) is 0. The van der Waals surface area contributed by atoms with Crippen molar-refractivity contribution in [1.82, 2.24) is 15.3 Å². The molecule has 2 fully saturated rings. The first kappa shape index (κ1) is 18.7. The van der Waals surface area contributed by atoms with Gasteiger partial charge in [0, 0.05) is 54.2 Å². The monoisotopic (exact) mass is 395 g/mol. The zero-order valence-electron chi connectivity index (χ0n) is 16.6. The smallest absolute Gasteiger partial charge is 0.137 e. The lowest BCUT2D eigenvalue weighted by molar-refractivity contribution is 0.0728. The molecule has 2 aliphatic rings. The Morgan fingerprint density at radius 1 is 1.14 bits per heavy atom. The quantitative estimate of drug-likeness (QED) is 0.697. The van der Waals surface area contributed by atoms with Crippen LogP contribution in [0.2, 0.25) is 0 Å². The molecular formula is C23H26FN3O2. The fraction of sp³-hybridized carbons (Fsp3) is 0.435. The minimum absolute atomic E-state index is 0.132. The van der Waals surface area contributed by atoms with Gasteiger partial charge < -0.3 is 19.8 Å². The van der Waals surface area contributed by atoms with Crippen molar-refractivity contribution in [3.05, 3.63) is 53.1 Å². The fourth-order valence-electron chi connectivity index (χ4n) is 4.58. The molecule has 29 heavy (non-hydrogen) atoms. The summed E-state index contributed by atoms with van der Waals surface area (Å²) < 4.78 is 27.2. The van der Waals surface area contributed by atoms with Crippen LogP contribution in [0.3, 0.4) is 0 Å². The largest absolute Gasteiger partial charge is 0.381 e. The molecule has 0 bridgehead atoms. The minimum Gasteiger partial charge on any atom is -0.381 e. The summed E-state index contributed by atoms with van der Waals surface area (Å²) >= 11 is 0. The van der Waals surface area contributed by atoms with Gasteiger partial charge in [0.1, 0.15) is 11.5 Å². The third kappa shape index (κ3) is 3.45. The van der Waals surface area contributed by atoms with Gasteiger partial charge in [-0.3, -0.25) is 0 Å². The molecule has 2 aliphatic heterocycles. The first-order valence-electron chi connectivity index (χ1n) is 10.4. The number of pyridine rings is 1. The maximum Gasteiger partial charge on any atom is 0.137 e. The number of benzene rings is 1. The molecule has 2 saturated heterocycles. The van der Waals surface area contributed by atoms with Crippen LogP contribution in [0.15, 0.2) is 30.6 Å². The number of fused-ring (bicyclic) bond motifs is 1. The summed E-state index contributed by atoms with van der Waals surface area (Å²) in [4.78, 5) is 7.65. The van der Waals surface area contributed by atoms with E-state index in [2.05, 4.69) is 21.4 Å². The summed E-state index contributed by atoms with van der Waals surface area (Å²) in [6.07, 6.45) is 5.53. The van der Waals surface area contributed by atoms with Crippen molar-refractivity contribution in [3.8, 4) is 11.1 Å². The molecule has 0 saturated carbocycles. The molecule has 2 N–H and O–H groups in total. The third-order valence-corrected chi connectivity index (χ3v) is 6.19. The van der Waals surface area contributed by atoms with Crippen molar-refractivity contribution in [2.75, 3.05) is 33.0 Å². The first-order chi connectivity index (χ1) is 14.2. The average molecular weight is 395 g/mol. The molecule has 0 spiro atoms. The van der Waals surface area contributed by atoms with E-state index in [0.717, 1.165) is 65.9 Å². The van der Waals surface area contributed by atoms with Crippen LogP contribution in [0.5, 0.6) is 0 Å². The SMILES string of the molecule is Cc1c[nH]c2ncc(-c3ccc(C4CCOCC4)c(C4COCCN4)c3F)cc12. The van der Waals surface area contributed by atoms with E-state index < -0.39 is 0 Å². The number of aromatic nitrogens is 2. The molecule has 3 aromatic rings. The number of halogens is 1. The van der Waals surface area contributed by atoms with E-state index in [9.17, 15) is 0 Å². The van der Waals surface area contributed by atoms with Crippen LogP contribution >= 0.6 is 0 Å². The Morgan fingerprint density at radius 3 is 2.79 bits per heavy atom. The van der Waals surface area contributed by atoms with Gasteiger partial charge in [0.25, 0.3) is 0 Å². The summed E-state index contributed by atoms with van der Waals surface area (Å²) in [6.45, 7) is 5.38. The van der Waals surface area contributed by atoms with E-state index in [0.29, 0.717) is 24.7 Å². The van der Waals surface area contributed by atoms with Gasteiger partial charge in [-0.2, -0.15) is 0 Å². The van der Waals surface area contributed by atoms with Gasteiger partial charge in [-0.15, -0.1) is 0 Å². The van der Waals surface area contributed by atoms with Gasteiger partial charge in [0.05, 0.1) is 19.3 Å². The lowest BCUT2D eigenvalue weighted by atomic mass is 9.83. The number of morpholine rings is 1. The Labute approximate surface area is 169 Å². The van der Waals surface area contributed by atoms with Crippen LogP contribution in [0.1, 0.15) is 41.5 Å². The van der Waals surface area contributed by atoms with Crippen molar-refractivity contribution < 1.29 is 13.9 Å². The molecule has 1 atom stereocenters. The zero-order chi connectivity index (χ0) is 19.8. The number of nitrogens with zero attached hydrogens (tertiary/aromatic N) is 1. The van der Waals surface area contributed by atoms with Crippen molar-refractivity contribution in [2.45, 2.75) is 31.7 Å². The maximum absolute atomic E-state index is 16.0. The Kier molecular flexibility index (Phi) is 5.08. The van der Waals surface area contributed by atoms with E-state index in [1.54, 1.807) is 6.20 Å².